The number of hydrogen-bond acceptors (Lipinski definition) is 2. The molecule has 0 amide bonds. The van der Waals surface area contributed by atoms with E-state index < -0.39 is 0 Å². The van der Waals surface area contributed by atoms with E-state index in [1.807, 2.05) is 0 Å². The highest BCUT2D eigenvalue weighted by Gasteiger charge is 2.09. The lowest BCUT2D eigenvalue weighted by Gasteiger charge is -2.16. The highest BCUT2D eigenvalue weighted by molar-refractivity contribution is 6.30. The maximum absolute atomic E-state index is 13.1. The summed E-state index contributed by atoms with van der Waals surface area (Å²) in [4.78, 5) is 0. The van der Waals surface area contributed by atoms with Crippen molar-refractivity contribution in [2.24, 2.45) is 5.84 Å². The molecule has 0 spiro atoms. The molecule has 0 bridgehead atoms. The molecule has 0 aliphatic heterocycles. The van der Waals surface area contributed by atoms with Crippen molar-refractivity contribution in [1.29, 1.82) is 0 Å². The summed E-state index contributed by atoms with van der Waals surface area (Å²) in [6.45, 7) is 2.21. The predicted octanol–water partition coefficient (Wildman–Crippen LogP) is 4.21. The molecule has 1 atom stereocenters. The standard InChI is InChI=1S/C15H24ClFN2/c1-2-3-4-5-6-7-13(19-18)10-12-8-9-15(17)14(16)11-12/h8-9,11,13,19H,2-7,10,18H2,1H3. The number of halogens is 2. The predicted molar refractivity (Wildman–Crippen MR) is 79.6 cm³/mol. The second-order valence-electron chi connectivity index (χ2n) is 5.02. The first-order valence-electron chi connectivity index (χ1n) is 7.07. The topological polar surface area (TPSA) is 38.0 Å². The van der Waals surface area contributed by atoms with Gasteiger partial charge in [-0.25, -0.2) is 4.39 Å². The minimum atomic E-state index is -0.373. The van der Waals surface area contributed by atoms with E-state index in [9.17, 15) is 4.39 Å². The summed E-state index contributed by atoms with van der Waals surface area (Å²) in [5, 5.41) is 0.177. The second kappa shape index (κ2) is 9.29. The molecule has 19 heavy (non-hydrogen) atoms. The van der Waals surface area contributed by atoms with E-state index in [4.69, 9.17) is 17.4 Å². The average molecular weight is 287 g/mol. The molecule has 1 unspecified atom stereocenters. The highest BCUT2D eigenvalue weighted by Crippen LogP contribution is 2.18. The molecular weight excluding hydrogens is 263 g/mol. The van der Waals surface area contributed by atoms with Gasteiger partial charge in [0, 0.05) is 6.04 Å². The van der Waals surface area contributed by atoms with Crippen LogP contribution in [0.25, 0.3) is 0 Å². The van der Waals surface area contributed by atoms with Gasteiger partial charge >= 0.3 is 0 Å². The minimum absolute atomic E-state index is 0.177. The van der Waals surface area contributed by atoms with Crippen LogP contribution in [0.1, 0.15) is 51.0 Å². The minimum Gasteiger partial charge on any atom is -0.271 e. The Labute approximate surface area is 120 Å². The van der Waals surface area contributed by atoms with Crippen LogP contribution in [0, 0.1) is 5.82 Å². The molecule has 2 nitrogen and oxygen atoms in total. The summed E-state index contributed by atoms with van der Waals surface area (Å²) in [6.07, 6.45) is 8.08. The van der Waals surface area contributed by atoms with Gasteiger partial charge in [0.25, 0.3) is 0 Å². The Balaban J connectivity index is 2.36. The summed E-state index contributed by atoms with van der Waals surface area (Å²) in [6, 6.07) is 5.08. The van der Waals surface area contributed by atoms with Crippen LogP contribution in [0.5, 0.6) is 0 Å². The SMILES string of the molecule is CCCCCCCC(Cc1ccc(F)c(Cl)c1)NN. The van der Waals surface area contributed by atoms with Gasteiger partial charge in [0.2, 0.25) is 0 Å². The van der Waals surface area contributed by atoms with Crippen molar-refractivity contribution in [1.82, 2.24) is 5.43 Å². The van der Waals surface area contributed by atoms with Crippen molar-refractivity contribution < 1.29 is 4.39 Å². The van der Waals surface area contributed by atoms with Crippen LogP contribution < -0.4 is 11.3 Å². The van der Waals surface area contributed by atoms with Crippen LogP contribution in [0.15, 0.2) is 18.2 Å². The molecule has 1 aromatic rings. The first-order valence-corrected chi connectivity index (χ1v) is 7.45. The van der Waals surface area contributed by atoms with Crippen molar-refractivity contribution in [2.45, 2.75) is 57.9 Å². The number of unbranched alkanes of at least 4 members (excludes halogenated alkanes) is 4. The Kier molecular flexibility index (Phi) is 8.03. The van der Waals surface area contributed by atoms with E-state index >= 15 is 0 Å². The van der Waals surface area contributed by atoms with Crippen molar-refractivity contribution in [2.75, 3.05) is 0 Å². The van der Waals surface area contributed by atoms with Gasteiger partial charge < -0.3 is 0 Å². The molecule has 0 aliphatic carbocycles. The smallest absolute Gasteiger partial charge is 0.141 e. The first-order chi connectivity index (χ1) is 9.17. The monoisotopic (exact) mass is 286 g/mol. The Bertz CT molecular complexity index is 371. The van der Waals surface area contributed by atoms with Crippen LogP contribution in [-0.2, 0) is 6.42 Å². The van der Waals surface area contributed by atoms with E-state index in [2.05, 4.69) is 12.3 Å². The van der Waals surface area contributed by atoms with Crippen molar-refractivity contribution in [3.63, 3.8) is 0 Å². The highest BCUT2D eigenvalue weighted by atomic mass is 35.5. The molecule has 4 heteroatoms. The molecule has 0 saturated carbocycles. The van der Waals surface area contributed by atoms with E-state index in [0.717, 1.165) is 18.4 Å². The maximum Gasteiger partial charge on any atom is 0.141 e. The van der Waals surface area contributed by atoms with Gasteiger partial charge in [-0.3, -0.25) is 11.3 Å². The van der Waals surface area contributed by atoms with Gasteiger partial charge in [0.05, 0.1) is 5.02 Å². The third-order valence-corrected chi connectivity index (χ3v) is 3.65. The summed E-state index contributed by atoms with van der Waals surface area (Å²) in [5.41, 5.74) is 3.86. The summed E-state index contributed by atoms with van der Waals surface area (Å²) in [7, 11) is 0. The second-order valence-corrected chi connectivity index (χ2v) is 5.43. The summed E-state index contributed by atoms with van der Waals surface area (Å²) >= 11 is 5.78. The molecule has 0 fully saturated rings. The van der Waals surface area contributed by atoms with Gasteiger partial charge in [-0.15, -0.1) is 0 Å². The quantitative estimate of drug-likeness (QED) is 0.405. The fraction of sp³-hybridized carbons (Fsp3) is 0.600. The normalized spacial score (nSPS) is 12.6. The Morgan fingerprint density at radius 3 is 2.63 bits per heavy atom. The number of nitrogens with two attached hydrogens (primary N) is 1. The number of rotatable bonds is 9. The van der Waals surface area contributed by atoms with Crippen molar-refractivity contribution in [3.05, 3.63) is 34.6 Å². The number of hydrazine groups is 1. The Morgan fingerprint density at radius 1 is 1.26 bits per heavy atom. The van der Waals surface area contributed by atoms with E-state index in [1.165, 1.54) is 38.2 Å². The molecule has 1 aromatic carbocycles. The van der Waals surface area contributed by atoms with E-state index in [1.54, 1.807) is 12.1 Å². The summed E-state index contributed by atoms with van der Waals surface area (Å²) < 4.78 is 13.1. The van der Waals surface area contributed by atoms with Gasteiger partial charge in [0.1, 0.15) is 5.82 Å². The zero-order valence-electron chi connectivity index (χ0n) is 11.6. The third kappa shape index (κ3) is 6.37. The van der Waals surface area contributed by atoms with Gasteiger partial charge in [-0.2, -0.15) is 0 Å². The van der Waals surface area contributed by atoms with E-state index in [-0.39, 0.29) is 16.9 Å². The zero-order chi connectivity index (χ0) is 14.1. The number of benzene rings is 1. The van der Waals surface area contributed by atoms with Crippen molar-refractivity contribution >= 4 is 11.6 Å². The third-order valence-electron chi connectivity index (χ3n) is 3.36. The number of nitrogens with one attached hydrogen (secondary N) is 1. The molecule has 3 N–H and O–H groups in total. The van der Waals surface area contributed by atoms with Gasteiger partial charge in [-0.05, 0) is 30.5 Å². The summed E-state index contributed by atoms with van der Waals surface area (Å²) in [5.74, 6) is 5.20. The maximum atomic E-state index is 13.1. The Morgan fingerprint density at radius 2 is 2.00 bits per heavy atom. The Hall–Kier alpha value is -0.640. The van der Waals surface area contributed by atoms with Crippen LogP contribution in [0.2, 0.25) is 5.02 Å². The fourth-order valence-electron chi connectivity index (χ4n) is 2.19. The molecule has 0 heterocycles. The molecule has 0 radical (unpaired) electrons. The largest absolute Gasteiger partial charge is 0.271 e. The molecular formula is C15H24ClFN2. The van der Waals surface area contributed by atoms with Crippen LogP contribution in [-0.4, -0.2) is 6.04 Å². The molecule has 0 saturated heterocycles. The lowest BCUT2D eigenvalue weighted by atomic mass is 10.0. The molecule has 0 aromatic heterocycles. The molecule has 108 valence electrons. The van der Waals surface area contributed by atoms with Gasteiger partial charge in [0.15, 0.2) is 0 Å². The first kappa shape index (κ1) is 16.4. The molecule has 1 rings (SSSR count). The van der Waals surface area contributed by atoms with Crippen molar-refractivity contribution in [3.8, 4) is 0 Å². The fourth-order valence-corrected chi connectivity index (χ4v) is 2.39. The van der Waals surface area contributed by atoms with Crippen LogP contribution >= 0.6 is 11.6 Å². The molecule has 0 aliphatic rings. The van der Waals surface area contributed by atoms with E-state index in [0.29, 0.717) is 0 Å². The number of hydrogen-bond donors (Lipinski definition) is 2. The average Bonchev–Trinajstić information content (AvgIpc) is 2.41. The van der Waals surface area contributed by atoms with Crippen LogP contribution in [0.3, 0.4) is 0 Å². The zero-order valence-corrected chi connectivity index (χ0v) is 12.3. The van der Waals surface area contributed by atoms with Gasteiger partial charge in [-0.1, -0.05) is 56.7 Å². The lowest BCUT2D eigenvalue weighted by molar-refractivity contribution is 0.460. The lowest BCUT2D eigenvalue weighted by Crippen LogP contribution is -2.36. The van der Waals surface area contributed by atoms with Crippen LogP contribution in [0.4, 0.5) is 4.39 Å².